The average molecular weight is 233 g/mol. The van der Waals surface area contributed by atoms with Crippen LogP contribution in [-0.4, -0.2) is 28.5 Å². The highest BCUT2D eigenvalue weighted by Crippen LogP contribution is 2.23. The molecule has 2 heterocycles. The third-order valence-electron chi connectivity index (χ3n) is 2.25. The lowest BCUT2D eigenvalue weighted by Crippen LogP contribution is -2.11. The highest BCUT2D eigenvalue weighted by molar-refractivity contribution is 5.95. The standard InChI is InChI=1S/C11H11N3O3/c15-9-3-4-12-8-5-7(1-2-10(16)17)6-13-11(8)14-9/h1-2,5-6,12H,3-4H2,(H,16,17)(H,13,14,15). The average Bonchev–Trinajstić information content (AvgIpc) is 2.46. The van der Waals surface area contributed by atoms with Gasteiger partial charge in [0.05, 0.1) is 5.69 Å². The van der Waals surface area contributed by atoms with E-state index in [2.05, 4.69) is 15.6 Å². The van der Waals surface area contributed by atoms with Gasteiger partial charge < -0.3 is 15.7 Å². The minimum Gasteiger partial charge on any atom is -0.478 e. The van der Waals surface area contributed by atoms with Crippen molar-refractivity contribution in [3.63, 3.8) is 0 Å². The maximum Gasteiger partial charge on any atom is 0.328 e. The van der Waals surface area contributed by atoms with E-state index >= 15 is 0 Å². The second kappa shape index (κ2) is 4.65. The van der Waals surface area contributed by atoms with Crippen LogP contribution < -0.4 is 10.6 Å². The van der Waals surface area contributed by atoms with Gasteiger partial charge in [-0.05, 0) is 17.7 Å². The van der Waals surface area contributed by atoms with E-state index in [1.807, 2.05) is 0 Å². The first-order valence-electron chi connectivity index (χ1n) is 5.10. The monoisotopic (exact) mass is 233 g/mol. The van der Waals surface area contributed by atoms with Crippen LogP contribution in [0.5, 0.6) is 0 Å². The first-order valence-corrected chi connectivity index (χ1v) is 5.10. The van der Waals surface area contributed by atoms with E-state index in [0.29, 0.717) is 30.0 Å². The van der Waals surface area contributed by atoms with Crippen molar-refractivity contribution in [1.82, 2.24) is 4.98 Å². The molecule has 1 aliphatic heterocycles. The van der Waals surface area contributed by atoms with Gasteiger partial charge in [-0.15, -0.1) is 0 Å². The number of carboxylic acid groups (broad SMARTS) is 1. The fourth-order valence-corrected chi connectivity index (χ4v) is 1.48. The zero-order valence-electron chi connectivity index (χ0n) is 8.93. The Hall–Kier alpha value is -2.37. The smallest absolute Gasteiger partial charge is 0.328 e. The van der Waals surface area contributed by atoms with Gasteiger partial charge >= 0.3 is 5.97 Å². The molecule has 17 heavy (non-hydrogen) atoms. The molecule has 0 atom stereocenters. The highest BCUT2D eigenvalue weighted by Gasteiger charge is 2.12. The van der Waals surface area contributed by atoms with Crippen LogP contribution in [0, 0.1) is 0 Å². The number of carbonyl (C=O) groups excluding carboxylic acids is 1. The van der Waals surface area contributed by atoms with E-state index in [1.54, 1.807) is 6.07 Å². The van der Waals surface area contributed by atoms with Gasteiger partial charge in [0, 0.05) is 25.2 Å². The summed E-state index contributed by atoms with van der Waals surface area (Å²) in [5.74, 6) is -0.626. The van der Waals surface area contributed by atoms with Crippen molar-refractivity contribution in [2.24, 2.45) is 0 Å². The van der Waals surface area contributed by atoms with Crippen LogP contribution >= 0.6 is 0 Å². The molecule has 0 spiro atoms. The molecule has 3 N–H and O–H groups in total. The molecule has 6 nitrogen and oxygen atoms in total. The van der Waals surface area contributed by atoms with Crippen molar-refractivity contribution in [2.75, 3.05) is 17.2 Å². The minimum atomic E-state index is -1.01. The number of pyridine rings is 1. The molecule has 0 fully saturated rings. The fraction of sp³-hybridized carbons (Fsp3) is 0.182. The molecular formula is C11H11N3O3. The highest BCUT2D eigenvalue weighted by atomic mass is 16.4. The second-order valence-corrected chi connectivity index (χ2v) is 3.56. The molecule has 88 valence electrons. The van der Waals surface area contributed by atoms with Crippen LogP contribution in [0.15, 0.2) is 18.3 Å². The lowest BCUT2D eigenvalue weighted by molar-refractivity contribution is -0.131. The quantitative estimate of drug-likeness (QED) is 0.661. The van der Waals surface area contributed by atoms with E-state index in [0.717, 1.165) is 6.08 Å². The van der Waals surface area contributed by atoms with Crippen molar-refractivity contribution < 1.29 is 14.7 Å². The molecular weight excluding hydrogens is 222 g/mol. The van der Waals surface area contributed by atoms with Crippen LogP contribution in [0.3, 0.4) is 0 Å². The first kappa shape index (κ1) is 11.1. The van der Waals surface area contributed by atoms with E-state index in [-0.39, 0.29) is 5.91 Å². The number of hydrogen-bond acceptors (Lipinski definition) is 4. The molecule has 0 radical (unpaired) electrons. The molecule has 0 aliphatic carbocycles. The lowest BCUT2D eigenvalue weighted by Gasteiger charge is -2.06. The Morgan fingerprint density at radius 2 is 2.35 bits per heavy atom. The number of anilines is 2. The van der Waals surface area contributed by atoms with Crippen LogP contribution in [0.1, 0.15) is 12.0 Å². The number of aromatic nitrogens is 1. The summed E-state index contributed by atoms with van der Waals surface area (Å²) in [4.78, 5) is 25.7. The van der Waals surface area contributed by atoms with E-state index in [9.17, 15) is 9.59 Å². The normalized spacial score (nSPS) is 14.7. The van der Waals surface area contributed by atoms with E-state index < -0.39 is 5.97 Å². The lowest BCUT2D eigenvalue weighted by atomic mass is 10.2. The molecule has 0 bridgehead atoms. The van der Waals surface area contributed by atoms with Gasteiger partial charge in [0.25, 0.3) is 0 Å². The van der Waals surface area contributed by atoms with Gasteiger partial charge in [0.15, 0.2) is 5.82 Å². The largest absolute Gasteiger partial charge is 0.478 e. The molecule has 1 aromatic heterocycles. The molecule has 1 aliphatic rings. The van der Waals surface area contributed by atoms with Crippen LogP contribution in [0.25, 0.3) is 6.08 Å². The summed E-state index contributed by atoms with van der Waals surface area (Å²) in [7, 11) is 0. The van der Waals surface area contributed by atoms with E-state index in [1.165, 1.54) is 12.3 Å². The van der Waals surface area contributed by atoms with Crippen molar-refractivity contribution in [1.29, 1.82) is 0 Å². The summed E-state index contributed by atoms with van der Waals surface area (Å²) in [6.45, 7) is 0.534. The predicted molar refractivity (Wildman–Crippen MR) is 62.6 cm³/mol. The number of fused-ring (bicyclic) bond motifs is 1. The maximum absolute atomic E-state index is 11.3. The number of amides is 1. The molecule has 1 amide bonds. The van der Waals surface area contributed by atoms with Gasteiger partial charge in [0.1, 0.15) is 0 Å². The Bertz CT molecular complexity index is 497. The number of carboxylic acids is 1. The molecule has 1 aromatic rings. The van der Waals surface area contributed by atoms with Crippen LogP contribution in [0.4, 0.5) is 11.5 Å². The molecule has 2 rings (SSSR count). The molecule has 0 saturated heterocycles. The van der Waals surface area contributed by atoms with Gasteiger partial charge in [-0.25, -0.2) is 9.78 Å². The zero-order valence-corrected chi connectivity index (χ0v) is 8.93. The Balaban J connectivity index is 2.27. The summed E-state index contributed by atoms with van der Waals surface area (Å²) < 4.78 is 0. The molecule has 6 heteroatoms. The van der Waals surface area contributed by atoms with Gasteiger partial charge in [0.2, 0.25) is 5.91 Å². The van der Waals surface area contributed by atoms with Crippen molar-refractivity contribution in [3.8, 4) is 0 Å². The second-order valence-electron chi connectivity index (χ2n) is 3.56. The predicted octanol–water partition coefficient (Wildman–Crippen LogP) is 0.933. The third-order valence-corrected chi connectivity index (χ3v) is 2.25. The first-order chi connectivity index (χ1) is 8.15. The number of hydrogen-bond donors (Lipinski definition) is 3. The minimum absolute atomic E-state index is 0.0856. The third kappa shape index (κ3) is 2.81. The van der Waals surface area contributed by atoms with Crippen LogP contribution in [-0.2, 0) is 9.59 Å². The SMILES string of the molecule is O=C(O)C=Cc1cnc2c(c1)NCCC(=O)N2. The fourth-order valence-electron chi connectivity index (χ4n) is 1.48. The Morgan fingerprint density at radius 1 is 1.53 bits per heavy atom. The molecule has 0 saturated carbocycles. The Labute approximate surface area is 97.4 Å². The zero-order chi connectivity index (χ0) is 12.3. The summed E-state index contributed by atoms with van der Waals surface area (Å²) in [6.07, 6.45) is 4.38. The van der Waals surface area contributed by atoms with Gasteiger partial charge in [-0.3, -0.25) is 4.79 Å². The summed E-state index contributed by atoms with van der Waals surface area (Å²) in [5.41, 5.74) is 1.36. The van der Waals surface area contributed by atoms with Crippen molar-refractivity contribution >= 4 is 29.5 Å². The number of carbonyl (C=O) groups is 2. The maximum atomic E-state index is 11.3. The van der Waals surface area contributed by atoms with E-state index in [4.69, 9.17) is 5.11 Å². The van der Waals surface area contributed by atoms with Gasteiger partial charge in [-0.1, -0.05) is 0 Å². The molecule has 0 aromatic carbocycles. The van der Waals surface area contributed by atoms with Crippen molar-refractivity contribution in [3.05, 3.63) is 23.9 Å². The number of nitrogens with zero attached hydrogens (tertiary/aromatic N) is 1. The number of aliphatic carboxylic acids is 1. The summed E-state index contributed by atoms with van der Waals surface area (Å²) in [6, 6.07) is 1.74. The molecule has 0 unspecified atom stereocenters. The van der Waals surface area contributed by atoms with Crippen molar-refractivity contribution in [2.45, 2.75) is 6.42 Å². The Kier molecular flexibility index (Phi) is 3.04. The van der Waals surface area contributed by atoms with Crippen LogP contribution in [0.2, 0.25) is 0 Å². The summed E-state index contributed by atoms with van der Waals surface area (Å²) in [5, 5.41) is 14.2. The topological polar surface area (TPSA) is 91.3 Å². The Morgan fingerprint density at radius 3 is 3.12 bits per heavy atom. The number of rotatable bonds is 2. The number of nitrogens with one attached hydrogen (secondary N) is 2. The summed E-state index contributed by atoms with van der Waals surface area (Å²) >= 11 is 0. The van der Waals surface area contributed by atoms with Gasteiger partial charge in [-0.2, -0.15) is 0 Å².